The van der Waals surface area contributed by atoms with Crippen LogP contribution in [0, 0.1) is 5.82 Å². The molecule has 0 radical (unpaired) electrons. The van der Waals surface area contributed by atoms with Crippen LogP contribution in [-0.4, -0.2) is 74.2 Å². The Labute approximate surface area is 188 Å². The smallest absolute Gasteiger partial charge is 0.383 e. The maximum Gasteiger partial charge on any atom is 0.416 e. The third-order valence-electron chi connectivity index (χ3n) is 5.27. The maximum atomic E-state index is 14.1. The normalized spacial score (nSPS) is 16.5. The van der Waals surface area contributed by atoms with Gasteiger partial charge in [0.05, 0.1) is 30.4 Å². The molecule has 2 aromatic rings. The molecule has 1 atom stereocenters. The molecule has 6 nitrogen and oxygen atoms in total. The fourth-order valence-corrected chi connectivity index (χ4v) is 3.53. The highest BCUT2D eigenvalue weighted by Gasteiger charge is 2.32. The summed E-state index contributed by atoms with van der Waals surface area (Å²) in [7, 11) is 1.48. The monoisotopic (exact) mass is 468 g/mol. The fourth-order valence-electron chi connectivity index (χ4n) is 3.53. The van der Waals surface area contributed by atoms with Crippen LogP contribution in [0.1, 0.15) is 26.3 Å². The number of ether oxygens (including phenoxy) is 2. The Hall–Kier alpha value is -2.98. The number of carbonyl (C=O) groups excluding carboxylic acids is 2. The molecule has 33 heavy (non-hydrogen) atoms. The van der Waals surface area contributed by atoms with E-state index in [-0.39, 0.29) is 50.5 Å². The van der Waals surface area contributed by atoms with E-state index in [1.54, 1.807) is 6.07 Å². The molecule has 1 saturated heterocycles. The van der Waals surface area contributed by atoms with Gasteiger partial charge in [0.2, 0.25) is 0 Å². The largest absolute Gasteiger partial charge is 0.416 e. The average molecular weight is 468 g/mol. The topological polar surface area (TPSA) is 59.1 Å². The fraction of sp³-hybridized carbons (Fsp3) is 0.391. The molecule has 0 N–H and O–H groups in total. The molecular formula is C23H24F4N2O4. The van der Waals surface area contributed by atoms with Gasteiger partial charge in [-0.15, -0.1) is 0 Å². The standard InChI is InChI=1S/C23H24F4N2O4/c1-32-12-10-29(22(31)19-4-2-3-5-20(19)24)15-18-14-28(11-13-33-18)21(30)16-6-8-17(9-7-16)23(25,26)27/h2-9,18H,10-15H2,1H3/t18-/m0/s1. The number of rotatable bonds is 7. The van der Waals surface area contributed by atoms with E-state index in [4.69, 9.17) is 9.47 Å². The number of amides is 2. The molecule has 0 aromatic heterocycles. The second-order valence-corrected chi connectivity index (χ2v) is 7.54. The highest BCUT2D eigenvalue weighted by molar-refractivity contribution is 5.95. The molecule has 0 saturated carbocycles. The van der Waals surface area contributed by atoms with E-state index in [9.17, 15) is 27.2 Å². The number of nitrogens with zero attached hydrogens (tertiary/aromatic N) is 2. The lowest BCUT2D eigenvalue weighted by Crippen LogP contribution is -2.51. The van der Waals surface area contributed by atoms with Gasteiger partial charge in [-0.05, 0) is 36.4 Å². The first-order chi connectivity index (χ1) is 15.7. The van der Waals surface area contributed by atoms with Crippen molar-refractivity contribution < 1.29 is 36.6 Å². The number of morpholine rings is 1. The van der Waals surface area contributed by atoms with Gasteiger partial charge in [-0.2, -0.15) is 13.2 Å². The second-order valence-electron chi connectivity index (χ2n) is 7.54. The van der Waals surface area contributed by atoms with Gasteiger partial charge in [-0.3, -0.25) is 9.59 Å². The van der Waals surface area contributed by atoms with E-state index in [1.165, 1.54) is 35.1 Å². The van der Waals surface area contributed by atoms with Crippen LogP contribution in [-0.2, 0) is 15.7 Å². The lowest BCUT2D eigenvalue weighted by atomic mass is 10.1. The van der Waals surface area contributed by atoms with Gasteiger partial charge in [-0.25, -0.2) is 4.39 Å². The van der Waals surface area contributed by atoms with E-state index >= 15 is 0 Å². The molecule has 0 bridgehead atoms. The first-order valence-corrected chi connectivity index (χ1v) is 10.3. The summed E-state index contributed by atoms with van der Waals surface area (Å²) in [6.45, 7) is 1.09. The third-order valence-corrected chi connectivity index (χ3v) is 5.27. The molecule has 1 aliphatic rings. The zero-order valence-electron chi connectivity index (χ0n) is 18.0. The molecule has 1 heterocycles. The van der Waals surface area contributed by atoms with Crippen molar-refractivity contribution in [3.63, 3.8) is 0 Å². The molecule has 178 valence electrons. The summed E-state index contributed by atoms with van der Waals surface area (Å²) in [6, 6.07) is 9.65. The number of benzene rings is 2. The van der Waals surface area contributed by atoms with Crippen molar-refractivity contribution in [2.24, 2.45) is 0 Å². The highest BCUT2D eigenvalue weighted by atomic mass is 19.4. The summed E-state index contributed by atoms with van der Waals surface area (Å²) in [5.74, 6) is -1.60. The molecule has 3 rings (SSSR count). The van der Waals surface area contributed by atoms with Gasteiger partial charge >= 0.3 is 6.18 Å². The van der Waals surface area contributed by atoms with Crippen LogP contribution < -0.4 is 0 Å². The Bertz CT molecular complexity index is 966. The van der Waals surface area contributed by atoms with E-state index in [0.717, 1.165) is 24.3 Å². The van der Waals surface area contributed by atoms with E-state index < -0.39 is 35.5 Å². The average Bonchev–Trinajstić information content (AvgIpc) is 2.81. The van der Waals surface area contributed by atoms with Crippen LogP contribution in [0.2, 0.25) is 0 Å². The molecule has 0 spiro atoms. The molecule has 2 aromatic carbocycles. The zero-order valence-corrected chi connectivity index (χ0v) is 18.0. The summed E-state index contributed by atoms with van der Waals surface area (Å²) in [4.78, 5) is 28.6. The summed E-state index contributed by atoms with van der Waals surface area (Å²) >= 11 is 0. The molecular weight excluding hydrogens is 444 g/mol. The van der Waals surface area contributed by atoms with Gasteiger partial charge in [0, 0.05) is 38.9 Å². The summed E-state index contributed by atoms with van der Waals surface area (Å²) in [6.07, 6.45) is -5.04. The van der Waals surface area contributed by atoms with Crippen LogP contribution in [0.15, 0.2) is 48.5 Å². The summed E-state index contributed by atoms with van der Waals surface area (Å²) in [5.41, 5.74) is -0.788. The summed E-state index contributed by atoms with van der Waals surface area (Å²) < 4.78 is 63.2. The van der Waals surface area contributed by atoms with Gasteiger partial charge in [0.1, 0.15) is 5.82 Å². The van der Waals surface area contributed by atoms with Gasteiger partial charge in [0.25, 0.3) is 11.8 Å². The lowest BCUT2D eigenvalue weighted by Gasteiger charge is -2.36. The lowest BCUT2D eigenvalue weighted by molar-refractivity contribution is -0.137. The number of carbonyl (C=O) groups is 2. The SMILES string of the molecule is COCCN(C[C@@H]1CN(C(=O)c2ccc(C(F)(F)F)cc2)CCO1)C(=O)c1ccccc1F. The van der Waals surface area contributed by atoms with Crippen molar-refractivity contribution >= 4 is 11.8 Å². The quantitative estimate of drug-likeness (QED) is 0.584. The number of alkyl halides is 3. The van der Waals surface area contributed by atoms with Crippen molar-refractivity contribution in [1.82, 2.24) is 9.80 Å². The van der Waals surface area contributed by atoms with Crippen LogP contribution in [0.25, 0.3) is 0 Å². The van der Waals surface area contributed by atoms with Gasteiger partial charge in [-0.1, -0.05) is 12.1 Å². The Morgan fingerprint density at radius 1 is 1.15 bits per heavy atom. The zero-order chi connectivity index (χ0) is 24.0. The van der Waals surface area contributed by atoms with Gasteiger partial charge < -0.3 is 19.3 Å². The molecule has 0 aliphatic carbocycles. The minimum atomic E-state index is -4.48. The Morgan fingerprint density at radius 3 is 2.48 bits per heavy atom. The minimum Gasteiger partial charge on any atom is -0.383 e. The number of methoxy groups -OCH3 is 1. The van der Waals surface area contributed by atoms with Crippen LogP contribution in [0.5, 0.6) is 0 Å². The van der Waals surface area contributed by atoms with Crippen molar-refractivity contribution in [2.45, 2.75) is 12.3 Å². The first kappa shape index (κ1) is 24.7. The predicted octanol–water partition coefficient (Wildman–Crippen LogP) is 3.47. The van der Waals surface area contributed by atoms with Crippen molar-refractivity contribution in [3.05, 3.63) is 71.0 Å². The van der Waals surface area contributed by atoms with Crippen LogP contribution in [0.4, 0.5) is 17.6 Å². The molecule has 10 heteroatoms. The minimum absolute atomic E-state index is 0.0814. The maximum absolute atomic E-state index is 14.1. The number of halogens is 4. The van der Waals surface area contributed by atoms with E-state index in [2.05, 4.69) is 0 Å². The second kappa shape index (κ2) is 10.8. The van der Waals surface area contributed by atoms with Crippen LogP contribution in [0.3, 0.4) is 0 Å². The van der Waals surface area contributed by atoms with Crippen molar-refractivity contribution in [3.8, 4) is 0 Å². The molecule has 1 aliphatic heterocycles. The van der Waals surface area contributed by atoms with Crippen molar-refractivity contribution in [2.75, 3.05) is 46.5 Å². The number of hydrogen-bond acceptors (Lipinski definition) is 4. The third kappa shape index (κ3) is 6.29. The molecule has 0 unspecified atom stereocenters. The first-order valence-electron chi connectivity index (χ1n) is 10.3. The van der Waals surface area contributed by atoms with E-state index in [0.29, 0.717) is 0 Å². The predicted molar refractivity (Wildman–Crippen MR) is 111 cm³/mol. The van der Waals surface area contributed by atoms with Crippen LogP contribution >= 0.6 is 0 Å². The number of hydrogen-bond donors (Lipinski definition) is 0. The van der Waals surface area contributed by atoms with E-state index in [1.807, 2.05) is 0 Å². The van der Waals surface area contributed by atoms with Crippen molar-refractivity contribution in [1.29, 1.82) is 0 Å². The Kier molecular flexibility index (Phi) is 8.04. The Balaban J connectivity index is 1.69. The molecule has 1 fully saturated rings. The van der Waals surface area contributed by atoms with Gasteiger partial charge in [0.15, 0.2) is 0 Å². The Morgan fingerprint density at radius 2 is 1.85 bits per heavy atom. The summed E-state index contributed by atoms with van der Waals surface area (Å²) in [5, 5.41) is 0. The highest BCUT2D eigenvalue weighted by Crippen LogP contribution is 2.29. The molecule has 2 amide bonds.